The first-order valence-corrected chi connectivity index (χ1v) is 7.19. The number of rotatable bonds is 4. The lowest BCUT2D eigenvalue weighted by Gasteiger charge is -2.35. The number of ether oxygens (including phenoxy) is 1. The van der Waals surface area contributed by atoms with Crippen molar-refractivity contribution in [3.05, 3.63) is 33.9 Å². The first kappa shape index (κ1) is 16.5. The van der Waals surface area contributed by atoms with E-state index < -0.39 is 10.8 Å². The molecule has 1 fully saturated rings. The Morgan fingerprint density at radius 3 is 2.48 bits per heavy atom. The Kier molecular flexibility index (Phi) is 4.99. The smallest absolute Gasteiger partial charge is 0.409 e. The number of nitrogens with zero attached hydrogens (tertiary/aromatic N) is 3. The lowest BCUT2D eigenvalue weighted by molar-refractivity contribution is -0.384. The Balaban J connectivity index is 2.16. The summed E-state index contributed by atoms with van der Waals surface area (Å²) in [5.74, 6) is -0.716. The number of nitro groups is 1. The summed E-state index contributed by atoms with van der Waals surface area (Å²) in [6.07, 6.45) is -0.384. The molecule has 9 nitrogen and oxygen atoms in total. The second kappa shape index (κ2) is 6.95. The molecule has 1 aromatic rings. The van der Waals surface area contributed by atoms with Gasteiger partial charge in [0.05, 0.1) is 11.5 Å². The zero-order chi connectivity index (χ0) is 17.0. The lowest BCUT2D eigenvalue weighted by Crippen LogP contribution is -2.49. The summed E-state index contributed by atoms with van der Waals surface area (Å²) in [5, 5.41) is 11.2. The van der Waals surface area contributed by atoms with E-state index in [9.17, 15) is 19.7 Å². The Hall–Kier alpha value is -2.84. The van der Waals surface area contributed by atoms with Crippen molar-refractivity contribution < 1.29 is 19.2 Å². The van der Waals surface area contributed by atoms with Crippen molar-refractivity contribution in [2.24, 2.45) is 5.73 Å². The molecule has 0 unspecified atom stereocenters. The van der Waals surface area contributed by atoms with Gasteiger partial charge in [-0.1, -0.05) is 0 Å². The van der Waals surface area contributed by atoms with E-state index in [2.05, 4.69) is 0 Å². The zero-order valence-electron chi connectivity index (χ0n) is 12.7. The fourth-order valence-corrected chi connectivity index (χ4v) is 2.44. The number of benzene rings is 1. The normalized spacial score (nSPS) is 14.5. The highest BCUT2D eigenvalue weighted by molar-refractivity contribution is 5.94. The Bertz CT molecular complexity index is 626. The third-order valence-electron chi connectivity index (χ3n) is 3.60. The van der Waals surface area contributed by atoms with Crippen molar-refractivity contribution in [1.82, 2.24) is 4.90 Å². The molecule has 2 N–H and O–H groups in total. The van der Waals surface area contributed by atoms with Gasteiger partial charge in [-0.15, -0.1) is 0 Å². The van der Waals surface area contributed by atoms with E-state index in [4.69, 9.17) is 10.5 Å². The van der Waals surface area contributed by atoms with E-state index in [0.29, 0.717) is 38.5 Å². The van der Waals surface area contributed by atoms with Crippen molar-refractivity contribution >= 4 is 23.4 Å². The number of amides is 2. The summed E-state index contributed by atoms with van der Waals surface area (Å²) in [5.41, 5.74) is 5.48. The SMILES string of the molecule is CCOC(=O)N1CCN(c2ccc(C(N)=O)cc2[N+](=O)[O-])CC1. The van der Waals surface area contributed by atoms with Crippen LogP contribution in [0.1, 0.15) is 17.3 Å². The molecule has 0 aliphatic carbocycles. The standard InChI is InChI=1S/C14H18N4O5/c1-2-23-14(20)17-7-5-16(6-8-17)11-4-3-10(13(15)19)9-12(11)18(21)22/h3-4,9H,2,5-8H2,1H3,(H2,15,19). The van der Waals surface area contributed by atoms with Gasteiger partial charge in [-0.2, -0.15) is 0 Å². The molecule has 0 atom stereocenters. The van der Waals surface area contributed by atoms with Crippen LogP contribution in [0.4, 0.5) is 16.2 Å². The highest BCUT2D eigenvalue weighted by Gasteiger charge is 2.27. The van der Waals surface area contributed by atoms with Gasteiger partial charge in [0.2, 0.25) is 5.91 Å². The molecule has 1 heterocycles. The quantitative estimate of drug-likeness (QED) is 0.651. The Labute approximate surface area is 132 Å². The number of hydrogen-bond donors (Lipinski definition) is 1. The Morgan fingerprint density at radius 2 is 1.96 bits per heavy atom. The lowest BCUT2D eigenvalue weighted by atomic mass is 10.1. The molecule has 2 amide bonds. The number of carbonyl (C=O) groups is 2. The van der Waals surface area contributed by atoms with Crippen LogP contribution < -0.4 is 10.6 Å². The summed E-state index contributed by atoms with van der Waals surface area (Å²) < 4.78 is 4.94. The maximum Gasteiger partial charge on any atom is 0.409 e. The molecule has 0 spiro atoms. The summed E-state index contributed by atoms with van der Waals surface area (Å²) in [6, 6.07) is 4.15. The van der Waals surface area contributed by atoms with Crippen LogP contribution in [0, 0.1) is 10.1 Å². The van der Waals surface area contributed by atoms with E-state index in [1.54, 1.807) is 16.7 Å². The average molecular weight is 322 g/mol. The summed E-state index contributed by atoms with van der Waals surface area (Å²) in [7, 11) is 0. The first-order valence-electron chi connectivity index (χ1n) is 7.19. The fraction of sp³-hybridized carbons (Fsp3) is 0.429. The summed E-state index contributed by atoms with van der Waals surface area (Å²) >= 11 is 0. The van der Waals surface area contributed by atoms with Gasteiger partial charge in [0.1, 0.15) is 5.69 Å². The number of nitrogens with two attached hydrogens (primary N) is 1. The molecule has 1 aliphatic heterocycles. The second-order valence-electron chi connectivity index (χ2n) is 5.00. The fourth-order valence-electron chi connectivity index (χ4n) is 2.44. The minimum atomic E-state index is -0.716. The van der Waals surface area contributed by atoms with Crippen LogP contribution in [0.15, 0.2) is 18.2 Å². The number of primary amides is 1. The number of anilines is 1. The molecular formula is C14H18N4O5. The molecule has 1 aromatic carbocycles. The zero-order valence-corrected chi connectivity index (χ0v) is 12.7. The first-order chi connectivity index (χ1) is 10.9. The molecule has 1 saturated heterocycles. The van der Waals surface area contributed by atoms with Gasteiger partial charge in [0, 0.05) is 37.8 Å². The topological polar surface area (TPSA) is 119 Å². The van der Waals surface area contributed by atoms with Crippen LogP contribution in [0.3, 0.4) is 0 Å². The third kappa shape index (κ3) is 3.68. The highest BCUT2D eigenvalue weighted by Crippen LogP contribution is 2.30. The van der Waals surface area contributed by atoms with Gasteiger partial charge in [-0.3, -0.25) is 14.9 Å². The van der Waals surface area contributed by atoms with E-state index in [-0.39, 0.29) is 17.3 Å². The molecular weight excluding hydrogens is 304 g/mol. The average Bonchev–Trinajstić information content (AvgIpc) is 2.54. The largest absolute Gasteiger partial charge is 0.450 e. The van der Waals surface area contributed by atoms with Gasteiger partial charge in [-0.05, 0) is 19.1 Å². The molecule has 124 valence electrons. The molecule has 23 heavy (non-hydrogen) atoms. The van der Waals surface area contributed by atoms with Gasteiger partial charge in [0.25, 0.3) is 5.69 Å². The van der Waals surface area contributed by atoms with Crippen LogP contribution >= 0.6 is 0 Å². The van der Waals surface area contributed by atoms with E-state index in [1.807, 2.05) is 0 Å². The predicted octanol–water partition coefficient (Wildman–Crippen LogP) is 0.972. The van der Waals surface area contributed by atoms with Crippen molar-refractivity contribution in [3.63, 3.8) is 0 Å². The van der Waals surface area contributed by atoms with Crippen molar-refractivity contribution in [2.45, 2.75) is 6.92 Å². The maximum absolute atomic E-state index is 11.7. The van der Waals surface area contributed by atoms with Crippen LogP contribution in [0.2, 0.25) is 0 Å². The number of carbonyl (C=O) groups excluding carboxylic acids is 2. The second-order valence-corrected chi connectivity index (χ2v) is 5.00. The molecule has 0 bridgehead atoms. The molecule has 0 saturated carbocycles. The van der Waals surface area contributed by atoms with Crippen LogP contribution in [-0.2, 0) is 4.74 Å². The highest BCUT2D eigenvalue weighted by atomic mass is 16.6. The van der Waals surface area contributed by atoms with Crippen molar-refractivity contribution in [2.75, 3.05) is 37.7 Å². The van der Waals surface area contributed by atoms with Crippen LogP contribution in [0.5, 0.6) is 0 Å². The monoisotopic (exact) mass is 322 g/mol. The summed E-state index contributed by atoms with van der Waals surface area (Å²) in [6.45, 7) is 3.74. The van der Waals surface area contributed by atoms with Crippen molar-refractivity contribution in [1.29, 1.82) is 0 Å². The predicted molar refractivity (Wildman–Crippen MR) is 82.4 cm³/mol. The van der Waals surface area contributed by atoms with Crippen LogP contribution in [-0.4, -0.2) is 54.6 Å². The number of hydrogen-bond acceptors (Lipinski definition) is 6. The molecule has 9 heteroatoms. The van der Waals surface area contributed by atoms with E-state index in [1.165, 1.54) is 18.2 Å². The minimum Gasteiger partial charge on any atom is -0.450 e. The Morgan fingerprint density at radius 1 is 1.30 bits per heavy atom. The summed E-state index contributed by atoms with van der Waals surface area (Å²) in [4.78, 5) is 36.9. The van der Waals surface area contributed by atoms with Gasteiger partial charge >= 0.3 is 6.09 Å². The molecule has 0 radical (unpaired) electrons. The third-order valence-corrected chi connectivity index (χ3v) is 3.60. The molecule has 1 aliphatic rings. The van der Waals surface area contributed by atoms with Crippen molar-refractivity contribution in [3.8, 4) is 0 Å². The van der Waals surface area contributed by atoms with Gasteiger partial charge in [-0.25, -0.2) is 4.79 Å². The molecule has 0 aromatic heterocycles. The van der Waals surface area contributed by atoms with Gasteiger partial charge in [0.15, 0.2) is 0 Å². The molecule has 2 rings (SSSR count). The van der Waals surface area contributed by atoms with E-state index in [0.717, 1.165) is 0 Å². The maximum atomic E-state index is 11.7. The minimum absolute atomic E-state index is 0.0885. The van der Waals surface area contributed by atoms with Gasteiger partial charge < -0.3 is 20.3 Å². The number of piperazine rings is 1. The number of nitro benzene ring substituents is 1. The van der Waals surface area contributed by atoms with E-state index >= 15 is 0 Å². The van der Waals surface area contributed by atoms with Crippen LogP contribution in [0.25, 0.3) is 0 Å².